The third-order valence-corrected chi connectivity index (χ3v) is 3.36. The van der Waals surface area contributed by atoms with Gasteiger partial charge in [-0.2, -0.15) is 0 Å². The number of likely N-dealkylation sites (tertiary alicyclic amines) is 1. The summed E-state index contributed by atoms with van der Waals surface area (Å²) in [4.78, 5) is 4.83. The number of likely N-dealkylation sites (N-methyl/N-ethyl adjacent to an activating group) is 1. The summed E-state index contributed by atoms with van der Waals surface area (Å²) >= 11 is 0. The number of nitrogens with zero attached hydrogens (tertiary/aromatic N) is 2. The summed E-state index contributed by atoms with van der Waals surface area (Å²) < 4.78 is 0. The topological polar surface area (TPSA) is 32.5 Å². The molecule has 0 radical (unpaired) electrons. The zero-order valence-electron chi connectivity index (χ0n) is 10.2. The van der Waals surface area contributed by atoms with Crippen molar-refractivity contribution in [3.05, 3.63) is 29.8 Å². The highest BCUT2D eigenvalue weighted by atomic mass is 15.2. The van der Waals surface area contributed by atoms with Gasteiger partial charge >= 0.3 is 0 Å². The summed E-state index contributed by atoms with van der Waals surface area (Å²) in [5.74, 6) is 0. The Bertz CT molecular complexity index is 332. The second-order valence-corrected chi connectivity index (χ2v) is 4.88. The fraction of sp³-hybridized carbons (Fsp3) is 0.538. The van der Waals surface area contributed by atoms with Gasteiger partial charge in [-0.15, -0.1) is 0 Å². The summed E-state index contributed by atoms with van der Waals surface area (Å²) in [6.07, 6.45) is 1.28. The fourth-order valence-electron chi connectivity index (χ4n) is 2.26. The Morgan fingerprint density at radius 3 is 2.56 bits per heavy atom. The van der Waals surface area contributed by atoms with Crippen LogP contribution in [0.5, 0.6) is 0 Å². The average Bonchev–Trinajstić information content (AvgIpc) is 2.70. The van der Waals surface area contributed by atoms with Gasteiger partial charge in [-0.3, -0.25) is 4.90 Å². The van der Waals surface area contributed by atoms with Crippen molar-refractivity contribution in [1.82, 2.24) is 9.80 Å². The van der Waals surface area contributed by atoms with Crippen molar-refractivity contribution in [2.75, 3.05) is 32.9 Å². The van der Waals surface area contributed by atoms with Crippen molar-refractivity contribution in [2.24, 2.45) is 0 Å². The molecule has 0 aromatic heterocycles. The van der Waals surface area contributed by atoms with Crippen molar-refractivity contribution in [3.8, 4) is 0 Å². The van der Waals surface area contributed by atoms with Crippen LogP contribution in [0.3, 0.4) is 0 Å². The van der Waals surface area contributed by atoms with E-state index >= 15 is 0 Å². The monoisotopic (exact) mass is 219 g/mol. The Morgan fingerprint density at radius 2 is 2.00 bits per heavy atom. The Labute approximate surface area is 97.8 Å². The van der Waals surface area contributed by atoms with E-state index in [1.54, 1.807) is 0 Å². The highest BCUT2D eigenvalue weighted by Gasteiger charge is 2.23. The normalized spacial score (nSPS) is 21.8. The van der Waals surface area contributed by atoms with Crippen LogP contribution in [0.2, 0.25) is 0 Å². The Balaban J connectivity index is 1.89. The Hall–Kier alpha value is -1.06. The molecule has 88 valence electrons. The van der Waals surface area contributed by atoms with Gasteiger partial charge in [-0.1, -0.05) is 12.1 Å². The molecule has 1 fully saturated rings. The molecule has 1 saturated heterocycles. The molecule has 1 atom stereocenters. The first-order chi connectivity index (χ1) is 7.65. The number of anilines is 1. The van der Waals surface area contributed by atoms with Gasteiger partial charge in [0.25, 0.3) is 0 Å². The maximum atomic E-state index is 5.68. The van der Waals surface area contributed by atoms with Gasteiger partial charge in [0, 0.05) is 31.4 Å². The first kappa shape index (κ1) is 11.4. The lowest BCUT2D eigenvalue weighted by Crippen LogP contribution is -2.31. The number of hydrogen-bond donors (Lipinski definition) is 1. The number of hydrogen-bond acceptors (Lipinski definition) is 3. The molecule has 1 aromatic carbocycles. The van der Waals surface area contributed by atoms with Gasteiger partial charge in [0.15, 0.2) is 0 Å². The van der Waals surface area contributed by atoms with Crippen LogP contribution in [0.4, 0.5) is 5.69 Å². The van der Waals surface area contributed by atoms with E-state index in [4.69, 9.17) is 5.73 Å². The quantitative estimate of drug-likeness (QED) is 0.780. The molecule has 1 aliphatic rings. The predicted molar refractivity (Wildman–Crippen MR) is 68.2 cm³/mol. The van der Waals surface area contributed by atoms with Crippen LogP contribution in [0, 0.1) is 0 Å². The zero-order valence-corrected chi connectivity index (χ0v) is 10.2. The predicted octanol–water partition coefficient (Wildman–Crippen LogP) is 1.40. The van der Waals surface area contributed by atoms with Crippen molar-refractivity contribution in [1.29, 1.82) is 0 Å². The molecular formula is C13H21N3. The molecule has 0 unspecified atom stereocenters. The largest absolute Gasteiger partial charge is 0.399 e. The molecule has 1 aromatic rings. The Kier molecular flexibility index (Phi) is 3.46. The molecule has 0 amide bonds. The van der Waals surface area contributed by atoms with Crippen LogP contribution in [0.15, 0.2) is 24.3 Å². The lowest BCUT2D eigenvalue weighted by atomic mass is 10.2. The van der Waals surface area contributed by atoms with E-state index in [1.165, 1.54) is 25.1 Å². The van der Waals surface area contributed by atoms with E-state index in [0.29, 0.717) is 6.04 Å². The Morgan fingerprint density at radius 1 is 1.31 bits per heavy atom. The van der Waals surface area contributed by atoms with Gasteiger partial charge in [-0.05, 0) is 38.2 Å². The van der Waals surface area contributed by atoms with Gasteiger partial charge < -0.3 is 10.6 Å². The van der Waals surface area contributed by atoms with Crippen LogP contribution in [-0.2, 0) is 6.54 Å². The van der Waals surface area contributed by atoms with E-state index in [9.17, 15) is 0 Å². The highest BCUT2D eigenvalue weighted by molar-refractivity contribution is 5.39. The maximum absolute atomic E-state index is 5.68. The van der Waals surface area contributed by atoms with Gasteiger partial charge in [0.2, 0.25) is 0 Å². The lowest BCUT2D eigenvalue weighted by molar-refractivity contribution is 0.264. The van der Waals surface area contributed by atoms with E-state index in [0.717, 1.165) is 12.2 Å². The van der Waals surface area contributed by atoms with Crippen LogP contribution < -0.4 is 5.73 Å². The smallest absolute Gasteiger partial charge is 0.0314 e. The highest BCUT2D eigenvalue weighted by Crippen LogP contribution is 2.16. The third-order valence-electron chi connectivity index (χ3n) is 3.36. The fourth-order valence-corrected chi connectivity index (χ4v) is 2.26. The molecule has 3 heteroatoms. The third kappa shape index (κ3) is 2.74. The summed E-state index contributed by atoms with van der Waals surface area (Å²) in [7, 11) is 4.33. The summed E-state index contributed by atoms with van der Waals surface area (Å²) in [6.45, 7) is 3.43. The molecule has 2 rings (SSSR count). The van der Waals surface area contributed by atoms with E-state index in [1.807, 2.05) is 12.1 Å². The SMILES string of the molecule is CN(C)[C@H]1CCN(Cc2ccc(N)cc2)C1. The number of nitrogens with two attached hydrogens (primary N) is 1. The molecule has 1 heterocycles. The van der Waals surface area contributed by atoms with Crippen LogP contribution in [0.25, 0.3) is 0 Å². The molecule has 0 bridgehead atoms. The minimum absolute atomic E-state index is 0.716. The molecule has 2 N–H and O–H groups in total. The molecule has 0 spiro atoms. The summed E-state index contributed by atoms with van der Waals surface area (Å²) in [6, 6.07) is 8.93. The van der Waals surface area contributed by atoms with Gasteiger partial charge in [0.1, 0.15) is 0 Å². The molecule has 1 aliphatic heterocycles. The van der Waals surface area contributed by atoms with Crippen LogP contribution in [0.1, 0.15) is 12.0 Å². The van der Waals surface area contributed by atoms with Crippen molar-refractivity contribution in [3.63, 3.8) is 0 Å². The van der Waals surface area contributed by atoms with Crippen LogP contribution in [-0.4, -0.2) is 43.0 Å². The van der Waals surface area contributed by atoms with E-state index < -0.39 is 0 Å². The summed E-state index contributed by atoms with van der Waals surface area (Å²) in [5, 5.41) is 0. The first-order valence-electron chi connectivity index (χ1n) is 5.88. The second kappa shape index (κ2) is 4.85. The molecule has 0 saturated carbocycles. The zero-order chi connectivity index (χ0) is 11.5. The average molecular weight is 219 g/mol. The van der Waals surface area contributed by atoms with Crippen molar-refractivity contribution < 1.29 is 0 Å². The summed E-state index contributed by atoms with van der Waals surface area (Å²) in [5.41, 5.74) is 7.88. The van der Waals surface area contributed by atoms with E-state index in [2.05, 4.69) is 36.0 Å². The maximum Gasteiger partial charge on any atom is 0.0314 e. The minimum atomic E-state index is 0.716. The van der Waals surface area contributed by atoms with Crippen molar-refractivity contribution >= 4 is 5.69 Å². The molecule has 0 aliphatic carbocycles. The minimum Gasteiger partial charge on any atom is -0.399 e. The van der Waals surface area contributed by atoms with Gasteiger partial charge in [0.05, 0.1) is 0 Å². The molecular weight excluding hydrogens is 198 g/mol. The first-order valence-corrected chi connectivity index (χ1v) is 5.88. The molecule has 16 heavy (non-hydrogen) atoms. The van der Waals surface area contributed by atoms with Crippen molar-refractivity contribution in [2.45, 2.75) is 19.0 Å². The second-order valence-electron chi connectivity index (χ2n) is 4.88. The standard InChI is InChI=1S/C13H21N3/c1-15(2)13-7-8-16(10-13)9-11-3-5-12(14)6-4-11/h3-6,13H,7-10,14H2,1-2H3/t13-/m0/s1. The number of benzene rings is 1. The number of nitrogen functional groups attached to an aromatic ring is 1. The van der Waals surface area contributed by atoms with Crippen LogP contribution >= 0.6 is 0 Å². The van der Waals surface area contributed by atoms with Gasteiger partial charge in [-0.25, -0.2) is 0 Å². The lowest BCUT2D eigenvalue weighted by Gasteiger charge is -2.20. The number of rotatable bonds is 3. The van der Waals surface area contributed by atoms with E-state index in [-0.39, 0.29) is 0 Å². The molecule has 3 nitrogen and oxygen atoms in total.